The average molecular weight is 245 g/mol. The summed E-state index contributed by atoms with van der Waals surface area (Å²) >= 11 is 0. The minimum atomic E-state index is -0.360. The molecule has 0 heterocycles. The van der Waals surface area contributed by atoms with Gasteiger partial charge in [-0.3, -0.25) is 0 Å². The highest BCUT2D eigenvalue weighted by Gasteiger charge is 2.10. The summed E-state index contributed by atoms with van der Waals surface area (Å²) in [6.45, 7) is 2.46. The number of benzene rings is 2. The Morgan fingerprint density at radius 3 is 2.50 bits per heavy atom. The number of rotatable bonds is 4. The molecule has 0 saturated carbocycles. The Labute approximate surface area is 106 Å². The molecule has 0 saturated heterocycles. The summed E-state index contributed by atoms with van der Waals surface area (Å²) in [5.74, 6) is 0.539. The number of ether oxygens (including phenoxy) is 1. The monoisotopic (exact) mass is 245 g/mol. The lowest BCUT2D eigenvalue weighted by molar-refractivity contribution is 0.436. The van der Waals surface area contributed by atoms with Crippen LogP contribution in [0.3, 0.4) is 0 Å². The van der Waals surface area contributed by atoms with E-state index in [9.17, 15) is 4.39 Å². The summed E-state index contributed by atoms with van der Waals surface area (Å²) in [6, 6.07) is 12.4. The fourth-order valence-electron chi connectivity index (χ4n) is 1.74. The smallest absolute Gasteiger partial charge is 0.166 e. The van der Waals surface area contributed by atoms with Gasteiger partial charge in [0.05, 0.1) is 0 Å². The van der Waals surface area contributed by atoms with Crippen molar-refractivity contribution in [1.82, 2.24) is 0 Å². The van der Waals surface area contributed by atoms with Crippen LogP contribution in [0.4, 0.5) is 4.39 Å². The van der Waals surface area contributed by atoms with Gasteiger partial charge in [-0.1, -0.05) is 29.8 Å². The molecular formula is C15H16FNO. The van der Waals surface area contributed by atoms with Crippen LogP contribution < -0.4 is 10.5 Å². The van der Waals surface area contributed by atoms with Crippen molar-refractivity contribution in [3.63, 3.8) is 0 Å². The highest BCUT2D eigenvalue weighted by atomic mass is 19.1. The maximum atomic E-state index is 13.8. The van der Waals surface area contributed by atoms with Crippen molar-refractivity contribution < 1.29 is 9.13 Å². The lowest BCUT2D eigenvalue weighted by Gasteiger charge is -2.11. The Morgan fingerprint density at radius 2 is 1.83 bits per heavy atom. The van der Waals surface area contributed by atoms with E-state index >= 15 is 0 Å². The molecule has 0 bridgehead atoms. The van der Waals surface area contributed by atoms with Gasteiger partial charge in [0.2, 0.25) is 0 Å². The van der Waals surface area contributed by atoms with Crippen LogP contribution in [0, 0.1) is 12.7 Å². The van der Waals surface area contributed by atoms with E-state index in [1.165, 1.54) is 6.07 Å². The van der Waals surface area contributed by atoms with Crippen molar-refractivity contribution in [2.24, 2.45) is 5.73 Å². The third-order valence-corrected chi connectivity index (χ3v) is 2.70. The van der Waals surface area contributed by atoms with Crippen LogP contribution in [0.1, 0.15) is 11.1 Å². The van der Waals surface area contributed by atoms with Crippen molar-refractivity contribution in [3.05, 3.63) is 59.4 Å². The normalized spacial score (nSPS) is 10.4. The summed E-state index contributed by atoms with van der Waals surface area (Å²) in [7, 11) is 0. The third kappa shape index (κ3) is 2.87. The second-order valence-corrected chi connectivity index (χ2v) is 4.18. The Hall–Kier alpha value is -1.87. The first-order valence-electron chi connectivity index (χ1n) is 5.92. The van der Waals surface area contributed by atoms with E-state index in [0.29, 0.717) is 18.7 Å². The number of halogens is 1. The van der Waals surface area contributed by atoms with Gasteiger partial charge in [-0.15, -0.1) is 0 Å². The minimum absolute atomic E-state index is 0.270. The molecule has 2 N–H and O–H groups in total. The molecule has 0 aliphatic rings. The molecule has 94 valence electrons. The van der Waals surface area contributed by atoms with Gasteiger partial charge in [-0.25, -0.2) is 4.39 Å². The summed E-state index contributed by atoms with van der Waals surface area (Å²) < 4.78 is 19.4. The Bertz CT molecular complexity index is 523. The highest BCUT2D eigenvalue weighted by Crippen LogP contribution is 2.28. The predicted molar refractivity (Wildman–Crippen MR) is 70.4 cm³/mol. The van der Waals surface area contributed by atoms with Gasteiger partial charge in [-0.05, 0) is 43.7 Å². The van der Waals surface area contributed by atoms with Gasteiger partial charge >= 0.3 is 0 Å². The molecule has 2 rings (SSSR count). The molecule has 18 heavy (non-hydrogen) atoms. The molecule has 0 amide bonds. The second kappa shape index (κ2) is 5.65. The van der Waals surface area contributed by atoms with Crippen molar-refractivity contribution in [2.75, 3.05) is 6.54 Å². The first kappa shape index (κ1) is 12.6. The molecule has 0 aliphatic heterocycles. The van der Waals surface area contributed by atoms with E-state index in [2.05, 4.69) is 0 Å². The largest absolute Gasteiger partial charge is 0.454 e. The Balaban J connectivity index is 2.30. The second-order valence-electron chi connectivity index (χ2n) is 4.18. The molecule has 0 spiro atoms. The number of nitrogens with two attached hydrogens (primary N) is 1. The number of aryl methyl sites for hydroxylation is 1. The van der Waals surface area contributed by atoms with Crippen molar-refractivity contribution in [2.45, 2.75) is 13.3 Å². The van der Waals surface area contributed by atoms with Gasteiger partial charge in [0.25, 0.3) is 0 Å². The molecule has 2 nitrogen and oxygen atoms in total. The third-order valence-electron chi connectivity index (χ3n) is 2.70. The number of hydrogen-bond acceptors (Lipinski definition) is 2. The molecule has 0 aromatic heterocycles. The van der Waals surface area contributed by atoms with Crippen LogP contribution in [-0.2, 0) is 6.42 Å². The number of hydrogen-bond donors (Lipinski definition) is 1. The summed E-state index contributed by atoms with van der Waals surface area (Å²) in [6.07, 6.45) is 0.596. The topological polar surface area (TPSA) is 35.2 Å². The van der Waals surface area contributed by atoms with Gasteiger partial charge in [-0.2, -0.15) is 0 Å². The lowest BCUT2D eigenvalue weighted by atomic mass is 10.1. The zero-order chi connectivity index (χ0) is 13.0. The van der Waals surface area contributed by atoms with E-state index in [0.717, 1.165) is 11.1 Å². The predicted octanol–water partition coefficient (Wildman–Crippen LogP) is 3.43. The maximum Gasteiger partial charge on any atom is 0.166 e. The zero-order valence-electron chi connectivity index (χ0n) is 10.3. The zero-order valence-corrected chi connectivity index (χ0v) is 10.3. The van der Waals surface area contributed by atoms with E-state index in [1.807, 2.05) is 37.3 Å². The summed E-state index contributed by atoms with van der Waals surface area (Å²) in [5.41, 5.74) is 7.44. The van der Waals surface area contributed by atoms with Gasteiger partial charge in [0, 0.05) is 0 Å². The van der Waals surface area contributed by atoms with Gasteiger partial charge in [0.1, 0.15) is 5.75 Å². The SMILES string of the molecule is Cc1ccc(Oc2c(F)cccc2CCN)cc1. The lowest BCUT2D eigenvalue weighted by Crippen LogP contribution is -2.05. The minimum Gasteiger partial charge on any atom is -0.454 e. The molecule has 3 heteroatoms. The van der Waals surface area contributed by atoms with Crippen molar-refractivity contribution in [3.8, 4) is 11.5 Å². The van der Waals surface area contributed by atoms with Crippen LogP contribution >= 0.6 is 0 Å². The van der Waals surface area contributed by atoms with Crippen LogP contribution in [0.5, 0.6) is 11.5 Å². The van der Waals surface area contributed by atoms with Crippen LogP contribution in [-0.4, -0.2) is 6.54 Å². The molecule has 2 aromatic rings. The molecule has 0 fully saturated rings. The maximum absolute atomic E-state index is 13.8. The number of para-hydroxylation sites is 1. The standard InChI is InChI=1S/C15H16FNO/c1-11-5-7-13(8-6-11)18-15-12(9-10-17)3-2-4-14(15)16/h2-8H,9-10,17H2,1H3. The van der Waals surface area contributed by atoms with Crippen LogP contribution in [0.25, 0.3) is 0 Å². The molecular weight excluding hydrogens is 229 g/mol. The van der Waals surface area contributed by atoms with E-state index in [4.69, 9.17) is 10.5 Å². The summed E-state index contributed by atoms with van der Waals surface area (Å²) in [4.78, 5) is 0. The Kier molecular flexibility index (Phi) is 3.95. The van der Waals surface area contributed by atoms with Crippen LogP contribution in [0.15, 0.2) is 42.5 Å². The van der Waals surface area contributed by atoms with E-state index in [-0.39, 0.29) is 11.6 Å². The molecule has 2 aromatic carbocycles. The first-order valence-corrected chi connectivity index (χ1v) is 5.92. The fraction of sp³-hybridized carbons (Fsp3) is 0.200. The molecule has 0 aliphatic carbocycles. The first-order chi connectivity index (χ1) is 8.70. The fourth-order valence-corrected chi connectivity index (χ4v) is 1.74. The summed E-state index contributed by atoms with van der Waals surface area (Å²) in [5, 5.41) is 0. The van der Waals surface area contributed by atoms with Crippen molar-refractivity contribution in [1.29, 1.82) is 0 Å². The average Bonchev–Trinajstić information content (AvgIpc) is 2.36. The van der Waals surface area contributed by atoms with E-state index in [1.54, 1.807) is 6.07 Å². The molecule has 0 radical (unpaired) electrons. The van der Waals surface area contributed by atoms with Gasteiger partial charge in [0.15, 0.2) is 11.6 Å². The van der Waals surface area contributed by atoms with E-state index < -0.39 is 0 Å². The van der Waals surface area contributed by atoms with Gasteiger partial charge < -0.3 is 10.5 Å². The molecule has 0 atom stereocenters. The van der Waals surface area contributed by atoms with Crippen molar-refractivity contribution >= 4 is 0 Å². The van der Waals surface area contributed by atoms with Crippen LogP contribution in [0.2, 0.25) is 0 Å². The molecule has 0 unspecified atom stereocenters. The Morgan fingerprint density at radius 1 is 1.11 bits per heavy atom. The quantitative estimate of drug-likeness (QED) is 0.895. The highest BCUT2D eigenvalue weighted by molar-refractivity contribution is 5.39.